The summed E-state index contributed by atoms with van der Waals surface area (Å²) in [6.07, 6.45) is 2.75. The number of carboxylic acids is 1. The number of nitrogens with zero attached hydrogens (tertiary/aromatic N) is 1. The van der Waals surface area contributed by atoms with Gasteiger partial charge in [-0.15, -0.1) is 0 Å². The van der Waals surface area contributed by atoms with Gasteiger partial charge in [-0.1, -0.05) is 0 Å². The predicted octanol–water partition coefficient (Wildman–Crippen LogP) is 0.699. The Morgan fingerprint density at radius 1 is 1.50 bits per heavy atom. The molecule has 18 heavy (non-hydrogen) atoms. The van der Waals surface area contributed by atoms with Gasteiger partial charge in [-0.3, -0.25) is 9.59 Å². The fourth-order valence-corrected chi connectivity index (χ4v) is 2.96. The van der Waals surface area contributed by atoms with Crippen LogP contribution in [0, 0.1) is 11.3 Å². The molecule has 102 valence electrons. The van der Waals surface area contributed by atoms with E-state index in [2.05, 4.69) is 5.32 Å². The molecule has 2 saturated heterocycles. The van der Waals surface area contributed by atoms with Crippen molar-refractivity contribution >= 4 is 11.9 Å². The number of nitrogens with one attached hydrogen (secondary N) is 1. The summed E-state index contributed by atoms with van der Waals surface area (Å²) in [5.74, 6) is -0.139. The average molecular weight is 254 g/mol. The number of hydrogen-bond donors (Lipinski definition) is 2. The molecule has 1 amide bonds. The van der Waals surface area contributed by atoms with Gasteiger partial charge in [-0.25, -0.2) is 0 Å². The zero-order valence-corrected chi connectivity index (χ0v) is 10.9. The summed E-state index contributed by atoms with van der Waals surface area (Å²) in [4.78, 5) is 24.9. The second-order valence-electron chi connectivity index (χ2n) is 5.83. The molecule has 2 fully saturated rings. The average Bonchev–Trinajstić information content (AvgIpc) is 2.95. The maximum Gasteiger partial charge on any atom is 0.303 e. The van der Waals surface area contributed by atoms with Crippen LogP contribution in [0.3, 0.4) is 0 Å². The van der Waals surface area contributed by atoms with E-state index in [1.54, 1.807) is 0 Å². The van der Waals surface area contributed by atoms with Crippen LogP contribution in [0.5, 0.6) is 0 Å². The lowest BCUT2D eigenvalue weighted by Crippen LogP contribution is -2.42. The van der Waals surface area contributed by atoms with Crippen molar-refractivity contribution in [2.24, 2.45) is 11.3 Å². The molecule has 2 unspecified atom stereocenters. The topological polar surface area (TPSA) is 69.6 Å². The first-order chi connectivity index (χ1) is 8.51. The molecule has 0 radical (unpaired) electrons. The molecule has 0 bridgehead atoms. The van der Waals surface area contributed by atoms with Gasteiger partial charge in [-0.05, 0) is 38.6 Å². The van der Waals surface area contributed by atoms with Crippen LogP contribution in [0.4, 0.5) is 0 Å². The summed E-state index contributed by atoms with van der Waals surface area (Å²) in [7, 11) is 0. The van der Waals surface area contributed by atoms with Gasteiger partial charge in [0.1, 0.15) is 0 Å². The standard InChI is InChI=1S/C13H22N2O3/c1-13(5-6-14-9-13)12(18)15-7-4-10(8-15)2-3-11(16)17/h10,14H,2-9H2,1H3,(H,16,17). The molecule has 5 heteroatoms. The van der Waals surface area contributed by atoms with Gasteiger partial charge in [-0.2, -0.15) is 0 Å². The lowest BCUT2D eigenvalue weighted by Gasteiger charge is -2.28. The summed E-state index contributed by atoms with van der Waals surface area (Å²) in [6, 6.07) is 0. The molecule has 2 atom stereocenters. The van der Waals surface area contributed by atoms with Gasteiger partial charge in [0.2, 0.25) is 5.91 Å². The highest BCUT2D eigenvalue weighted by molar-refractivity contribution is 5.83. The van der Waals surface area contributed by atoms with Gasteiger partial charge >= 0.3 is 5.97 Å². The van der Waals surface area contributed by atoms with Gasteiger partial charge < -0.3 is 15.3 Å². The molecule has 5 nitrogen and oxygen atoms in total. The van der Waals surface area contributed by atoms with Crippen molar-refractivity contribution < 1.29 is 14.7 Å². The minimum atomic E-state index is -0.744. The maximum absolute atomic E-state index is 12.4. The van der Waals surface area contributed by atoms with E-state index in [9.17, 15) is 9.59 Å². The van der Waals surface area contributed by atoms with E-state index >= 15 is 0 Å². The SMILES string of the molecule is CC1(C(=O)N2CCC(CCC(=O)O)C2)CCNC1. The first-order valence-electron chi connectivity index (χ1n) is 6.73. The normalized spacial score (nSPS) is 31.8. The number of carbonyl (C=O) groups is 2. The van der Waals surface area contributed by atoms with Gasteiger partial charge in [0.05, 0.1) is 5.41 Å². The summed E-state index contributed by atoms with van der Waals surface area (Å²) < 4.78 is 0. The van der Waals surface area contributed by atoms with Crippen LogP contribution in [-0.4, -0.2) is 48.1 Å². The Bertz CT molecular complexity index is 337. The lowest BCUT2D eigenvalue weighted by molar-refractivity contribution is -0.139. The second-order valence-corrected chi connectivity index (χ2v) is 5.83. The molecule has 0 aliphatic carbocycles. The number of hydrogen-bond acceptors (Lipinski definition) is 3. The Kier molecular flexibility index (Phi) is 3.90. The lowest BCUT2D eigenvalue weighted by atomic mass is 9.88. The Hall–Kier alpha value is -1.10. The molecule has 2 rings (SSSR count). The molecule has 2 heterocycles. The summed E-state index contributed by atoms with van der Waals surface area (Å²) in [6.45, 7) is 5.24. The molecule has 0 saturated carbocycles. The van der Waals surface area contributed by atoms with Gasteiger partial charge in [0.15, 0.2) is 0 Å². The molecule has 0 spiro atoms. The molecule has 2 aliphatic heterocycles. The fourth-order valence-electron chi connectivity index (χ4n) is 2.96. The van der Waals surface area contributed by atoms with Crippen LogP contribution in [0.25, 0.3) is 0 Å². The van der Waals surface area contributed by atoms with Gasteiger partial charge in [0, 0.05) is 26.1 Å². The van der Waals surface area contributed by atoms with Crippen molar-refractivity contribution in [1.82, 2.24) is 10.2 Å². The highest BCUT2D eigenvalue weighted by atomic mass is 16.4. The molecule has 0 aromatic heterocycles. The Morgan fingerprint density at radius 2 is 2.28 bits per heavy atom. The van der Waals surface area contributed by atoms with Crippen LogP contribution >= 0.6 is 0 Å². The monoisotopic (exact) mass is 254 g/mol. The van der Waals surface area contributed by atoms with E-state index < -0.39 is 5.97 Å². The van der Waals surface area contributed by atoms with Crippen LogP contribution < -0.4 is 5.32 Å². The first kappa shape index (κ1) is 13.3. The molecule has 0 aromatic rings. The molecular weight excluding hydrogens is 232 g/mol. The molecule has 2 N–H and O–H groups in total. The van der Waals surface area contributed by atoms with E-state index in [-0.39, 0.29) is 17.7 Å². The predicted molar refractivity (Wildman–Crippen MR) is 67.2 cm³/mol. The Morgan fingerprint density at radius 3 is 2.89 bits per heavy atom. The number of likely N-dealkylation sites (tertiary alicyclic amines) is 1. The number of amides is 1. The maximum atomic E-state index is 12.4. The Labute approximate surface area is 108 Å². The van der Waals surface area contributed by atoms with E-state index in [0.29, 0.717) is 12.3 Å². The molecular formula is C13H22N2O3. The summed E-state index contributed by atoms with van der Waals surface area (Å²) in [5, 5.41) is 11.9. The molecule has 2 aliphatic rings. The third-order valence-corrected chi connectivity index (χ3v) is 4.22. The van der Waals surface area contributed by atoms with Crippen molar-refractivity contribution in [3.8, 4) is 0 Å². The van der Waals surface area contributed by atoms with Crippen molar-refractivity contribution in [2.45, 2.75) is 32.6 Å². The van der Waals surface area contributed by atoms with E-state index in [1.807, 2.05) is 11.8 Å². The quantitative estimate of drug-likeness (QED) is 0.775. The number of carboxylic acid groups (broad SMARTS) is 1. The zero-order valence-electron chi connectivity index (χ0n) is 10.9. The zero-order chi connectivity index (χ0) is 13.2. The first-order valence-corrected chi connectivity index (χ1v) is 6.73. The smallest absolute Gasteiger partial charge is 0.303 e. The minimum Gasteiger partial charge on any atom is -0.481 e. The van der Waals surface area contributed by atoms with E-state index in [4.69, 9.17) is 5.11 Å². The third kappa shape index (κ3) is 2.83. The highest BCUT2D eigenvalue weighted by Gasteiger charge is 2.41. The Balaban J connectivity index is 1.84. The fraction of sp³-hybridized carbons (Fsp3) is 0.846. The summed E-state index contributed by atoms with van der Waals surface area (Å²) in [5.41, 5.74) is -0.248. The van der Waals surface area contributed by atoms with Crippen molar-refractivity contribution in [2.75, 3.05) is 26.2 Å². The van der Waals surface area contributed by atoms with Crippen LogP contribution in [0.2, 0.25) is 0 Å². The van der Waals surface area contributed by atoms with Gasteiger partial charge in [0.25, 0.3) is 0 Å². The second kappa shape index (κ2) is 5.26. The van der Waals surface area contributed by atoms with Crippen molar-refractivity contribution in [3.63, 3.8) is 0 Å². The van der Waals surface area contributed by atoms with Crippen LogP contribution in [-0.2, 0) is 9.59 Å². The number of carbonyl (C=O) groups excluding carboxylic acids is 1. The summed E-state index contributed by atoms with van der Waals surface area (Å²) >= 11 is 0. The minimum absolute atomic E-state index is 0.214. The van der Waals surface area contributed by atoms with Crippen molar-refractivity contribution in [3.05, 3.63) is 0 Å². The highest BCUT2D eigenvalue weighted by Crippen LogP contribution is 2.31. The number of rotatable bonds is 4. The van der Waals surface area contributed by atoms with E-state index in [0.717, 1.165) is 39.0 Å². The molecule has 0 aromatic carbocycles. The van der Waals surface area contributed by atoms with Crippen molar-refractivity contribution in [1.29, 1.82) is 0 Å². The number of aliphatic carboxylic acids is 1. The third-order valence-electron chi connectivity index (χ3n) is 4.22. The largest absolute Gasteiger partial charge is 0.481 e. The van der Waals surface area contributed by atoms with Crippen LogP contribution in [0.1, 0.15) is 32.6 Å². The van der Waals surface area contributed by atoms with Crippen LogP contribution in [0.15, 0.2) is 0 Å². The van der Waals surface area contributed by atoms with E-state index in [1.165, 1.54) is 0 Å².